The van der Waals surface area contributed by atoms with Crippen molar-refractivity contribution in [2.24, 2.45) is 0 Å². The van der Waals surface area contributed by atoms with Gasteiger partial charge in [-0.3, -0.25) is 0 Å². The maximum atomic E-state index is 12.7. The van der Waals surface area contributed by atoms with Crippen molar-refractivity contribution in [3.8, 4) is 18.1 Å². The zero-order chi connectivity index (χ0) is 8.97. The van der Waals surface area contributed by atoms with E-state index in [-0.39, 0.29) is 12.4 Å². The zero-order valence-corrected chi connectivity index (χ0v) is 7.77. The summed E-state index contributed by atoms with van der Waals surface area (Å²) < 4.78 is 18.3. The standard InChI is InChI=1S/C9H6BrFO/c1-2-3-12-9-5-7(10)4-8(11)6-9/h1,4-6H,3H2. The fourth-order valence-corrected chi connectivity index (χ4v) is 1.18. The average molecular weight is 229 g/mol. The van der Waals surface area contributed by atoms with E-state index >= 15 is 0 Å². The third kappa shape index (κ3) is 2.55. The molecule has 1 aromatic rings. The SMILES string of the molecule is C#CCOc1cc(F)cc(Br)c1. The van der Waals surface area contributed by atoms with Crippen LogP contribution in [0.4, 0.5) is 4.39 Å². The van der Waals surface area contributed by atoms with E-state index in [9.17, 15) is 4.39 Å². The minimum Gasteiger partial charge on any atom is -0.481 e. The highest BCUT2D eigenvalue weighted by molar-refractivity contribution is 9.10. The number of hydrogen-bond donors (Lipinski definition) is 0. The van der Waals surface area contributed by atoms with Crippen LogP contribution < -0.4 is 4.74 Å². The van der Waals surface area contributed by atoms with Crippen LogP contribution in [0.1, 0.15) is 0 Å². The Hall–Kier alpha value is -1.01. The molecule has 0 radical (unpaired) electrons. The van der Waals surface area contributed by atoms with E-state index in [0.717, 1.165) is 0 Å². The summed E-state index contributed by atoms with van der Waals surface area (Å²) in [5.74, 6) is 2.37. The lowest BCUT2D eigenvalue weighted by Gasteiger charge is -2.02. The van der Waals surface area contributed by atoms with Crippen molar-refractivity contribution in [3.63, 3.8) is 0 Å². The van der Waals surface area contributed by atoms with Crippen LogP contribution in [0.2, 0.25) is 0 Å². The van der Waals surface area contributed by atoms with E-state index < -0.39 is 0 Å². The van der Waals surface area contributed by atoms with Gasteiger partial charge in [-0.15, -0.1) is 6.42 Å². The molecule has 62 valence electrons. The van der Waals surface area contributed by atoms with Crippen LogP contribution in [0.25, 0.3) is 0 Å². The Morgan fingerprint density at radius 3 is 2.83 bits per heavy atom. The monoisotopic (exact) mass is 228 g/mol. The molecule has 1 nitrogen and oxygen atoms in total. The van der Waals surface area contributed by atoms with Crippen molar-refractivity contribution in [2.75, 3.05) is 6.61 Å². The largest absolute Gasteiger partial charge is 0.481 e. The number of rotatable bonds is 2. The van der Waals surface area contributed by atoms with Crippen molar-refractivity contribution in [1.82, 2.24) is 0 Å². The highest BCUT2D eigenvalue weighted by Crippen LogP contribution is 2.20. The molecule has 0 amide bonds. The van der Waals surface area contributed by atoms with E-state index in [4.69, 9.17) is 11.2 Å². The molecule has 0 unspecified atom stereocenters. The summed E-state index contributed by atoms with van der Waals surface area (Å²) in [5, 5.41) is 0. The van der Waals surface area contributed by atoms with Gasteiger partial charge in [-0.1, -0.05) is 21.9 Å². The number of halogens is 2. The molecule has 1 rings (SSSR count). The maximum absolute atomic E-state index is 12.7. The Morgan fingerprint density at radius 2 is 2.25 bits per heavy atom. The molecule has 0 bridgehead atoms. The van der Waals surface area contributed by atoms with Gasteiger partial charge in [-0.25, -0.2) is 4.39 Å². The summed E-state index contributed by atoms with van der Waals surface area (Å²) in [6.07, 6.45) is 4.97. The van der Waals surface area contributed by atoms with Crippen molar-refractivity contribution in [1.29, 1.82) is 0 Å². The molecule has 0 fully saturated rings. The number of hydrogen-bond acceptors (Lipinski definition) is 1. The Morgan fingerprint density at radius 1 is 1.50 bits per heavy atom. The molecule has 0 aliphatic heterocycles. The zero-order valence-electron chi connectivity index (χ0n) is 6.18. The smallest absolute Gasteiger partial charge is 0.148 e. The Balaban J connectivity index is 2.80. The van der Waals surface area contributed by atoms with Crippen LogP contribution in [0.5, 0.6) is 5.75 Å². The second-order valence-corrected chi connectivity index (χ2v) is 3.01. The van der Waals surface area contributed by atoms with Crippen molar-refractivity contribution < 1.29 is 9.13 Å². The molecule has 0 aromatic heterocycles. The van der Waals surface area contributed by atoms with Crippen molar-refractivity contribution in [3.05, 3.63) is 28.5 Å². The van der Waals surface area contributed by atoms with Crippen LogP contribution in [-0.2, 0) is 0 Å². The lowest BCUT2D eigenvalue weighted by atomic mass is 10.3. The molecule has 0 aliphatic rings. The van der Waals surface area contributed by atoms with Crippen LogP contribution in [-0.4, -0.2) is 6.61 Å². The molecule has 0 heterocycles. The minimum atomic E-state index is -0.351. The van der Waals surface area contributed by atoms with Gasteiger partial charge in [0.15, 0.2) is 0 Å². The summed E-state index contributed by atoms with van der Waals surface area (Å²) in [6.45, 7) is 0.149. The molecule has 1 aromatic carbocycles. The number of ether oxygens (including phenoxy) is 1. The molecule has 3 heteroatoms. The summed E-state index contributed by atoms with van der Waals surface area (Å²) in [6, 6.07) is 4.28. The molecule has 0 aliphatic carbocycles. The van der Waals surface area contributed by atoms with Gasteiger partial charge in [0.2, 0.25) is 0 Å². The summed E-state index contributed by atoms with van der Waals surface area (Å²) in [7, 11) is 0. The third-order valence-corrected chi connectivity index (χ3v) is 1.62. The molecule has 0 N–H and O–H groups in total. The second kappa shape index (κ2) is 4.13. The fraction of sp³-hybridized carbons (Fsp3) is 0.111. The number of terminal acetylenes is 1. The van der Waals surface area contributed by atoms with E-state index in [2.05, 4.69) is 21.9 Å². The van der Waals surface area contributed by atoms with Gasteiger partial charge in [0.05, 0.1) is 0 Å². The Bertz CT molecular complexity index is 297. The van der Waals surface area contributed by atoms with Gasteiger partial charge >= 0.3 is 0 Å². The average Bonchev–Trinajstić information content (AvgIpc) is 1.99. The van der Waals surface area contributed by atoms with Gasteiger partial charge in [-0.05, 0) is 12.1 Å². The van der Waals surface area contributed by atoms with Crippen molar-refractivity contribution >= 4 is 15.9 Å². The van der Waals surface area contributed by atoms with Crippen LogP contribution in [0.3, 0.4) is 0 Å². The van der Waals surface area contributed by atoms with Gasteiger partial charge in [-0.2, -0.15) is 0 Å². The van der Waals surface area contributed by atoms with Crippen LogP contribution in [0, 0.1) is 18.2 Å². The highest BCUT2D eigenvalue weighted by atomic mass is 79.9. The molecular formula is C9H6BrFO. The Labute approximate surface area is 78.7 Å². The molecule has 12 heavy (non-hydrogen) atoms. The first kappa shape index (κ1) is 9.08. The molecule has 0 saturated carbocycles. The summed E-state index contributed by atoms with van der Waals surface area (Å²) in [4.78, 5) is 0. The van der Waals surface area contributed by atoms with Crippen LogP contribution >= 0.6 is 15.9 Å². The topological polar surface area (TPSA) is 9.23 Å². The van der Waals surface area contributed by atoms with E-state index in [1.165, 1.54) is 12.1 Å². The minimum absolute atomic E-state index is 0.149. The molecule has 0 spiro atoms. The predicted molar refractivity (Wildman–Crippen MR) is 48.4 cm³/mol. The highest BCUT2D eigenvalue weighted by Gasteiger charge is 1.98. The lowest BCUT2D eigenvalue weighted by molar-refractivity contribution is 0.367. The second-order valence-electron chi connectivity index (χ2n) is 2.10. The normalized spacial score (nSPS) is 9.08. The quantitative estimate of drug-likeness (QED) is 0.708. The maximum Gasteiger partial charge on any atom is 0.148 e. The van der Waals surface area contributed by atoms with Gasteiger partial charge in [0, 0.05) is 10.5 Å². The lowest BCUT2D eigenvalue weighted by Crippen LogP contribution is -1.93. The molecule has 0 saturated heterocycles. The predicted octanol–water partition coefficient (Wildman–Crippen LogP) is 2.60. The number of benzene rings is 1. The van der Waals surface area contributed by atoms with E-state index in [1.54, 1.807) is 6.07 Å². The van der Waals surface area contributed by atoms with E-state index in [0.29, 0.717) is 10.2 Å². The van der Waals surface area contributed by atoms with Crippen molar-refractivity contribution in [2.45, 2.75) is 0 Å². The first-order valence-electron chi connectivity index (χ1n) is 3.25. The van der Waals surface area contributed by atoms with E-state index in [1.807, 2.05) is 0 Å². The summed E-state index contributed by atoms with van der Waals surface area (Å²) in [5.41, 5.74) is 0. The first-order valence-corrected chi connectivity index (χ1v) is 4.04. The summed E-state index contributed by atoms with van der Waals surface area (Å²) >= 11 is 3.13. The van der Waals surface area contributed by atoms with Gasteiger partial charge in [0.25, 0.3) is 0 Å². The molecular weight excluding hydrogens is 223 g/mol. The van der Waals surface area contributed by atoms with Gasteiger partial charge < -0.3 is 4.74 Å². The fourth-order valence-electron chi connectivity index (χ4n) is 0.737. The van der Waals surface area contributed by atoms with Gasteiger partial charge in [0.1, 0.15) is 18.2 Å². The first-order chi connectivity index (χ1) is 5.72. The molecule has 0 atom stereocenters. The third-order valence-electron chi connectivity index (χ3n) is 1.16. The Kier molecular flexibility index (Phi) is 3.12. The van der Waals surface area contributed by atoms with Crippen LogP contribution in [0.15, 0.2) is 22.7 Å².